The van der Waals surface area contributed by atoms with Gasteiger partial charge in [-0.25, -0.2) is 0 Å². The molecule has 2 atom stereocenters. The van der Waals surface area contributed by atoms with E-state index < -0.39 is 18.1 Å². The van der Waals surface area contributed by atoms with Crippen molar-refractivity contribution in [1.82, 2.24) is 4.90 Å². The molecule has 0 bridgehead atoms. The van der Waals surface area contributed by atoms with Gasteiger partial charge in [-0.2, -0.15) is 0 Å². The average Bonchev–Trinajstić information content (AvgIpc) is 2.39. The molecule has 19 heavy (non-hydrogen) atoms. The highest BCUT2D eigenvalue weighted by molar-refractivity contribution is 5.80. The number of β-amino-alcohol motifs (C(OH)–C–C–N with tert-alkyl or cyclic N) is 1. The van der Waals surface area contributed by atoms with E-state index in [0.29, 0.717) is 30.9 Å². The van der Waals surface area contributed by atoms with E-state index in [1.807, 2.05) is 17.0 Å². The minimum Gasteiger partial charge on any atom is -0.398 e. The molecule has 5 N–H and O–H groups in total. The number of hydrogen-bond acceptors (Lipinski definition) is 5. The zero-order valence-electron chi connectivity index (χ0n) is 10.7. The first-order chi connectivity index (χ1) is 9.09. The first-order valence-electron chi connectivity index (χ1n) is 6.23. The summed E-state index contributed by atoms with van der Waals surface area (Å²) in [6.07, 6.45) is -0.749. The topological polar surface area (TPSA) is 102 Å². The van der Waals surface area contributed by atoms with Crippen LogP contribution in [0.15, 0.2) is 24.3 Å². The second-order valence-electron chi connectivity index (χ2n) is 4.63. The van der Waals surface area contributed by atoms with E-state index >= 15 is 0 Å². The number of ether oxygens (including phenoxy) is 1. The highest BCUT2D eigenvalue weighted by Gasteiger charge is 2.29. The molecule has 1 fully saturated rings. The molecule has 2 unspecified atom stereocenters. The summed E-state index contributed by atoms with van der Waals surface area (Å²) in [5.74, 6) is -0.437. The fourth-order valence-corrected chi connectivity index (χ4v) is 2.25. The van der Waals surface area contributed by atoms with Gasteiger partial charge in [0.05, 0.1) is 19.3 Å². The van der Waals surface area contributed by atoms with Gasteiger partial charge < -0.3 is 21.3 Å². The van der Waals surface area contributed by atoms with Gasteiger partial charge >= 0.3 is 0 Å². The number of carbonyl (C=O) groups excluding carboxylic acids is 1. The standard InChI is InChI=1S/C13H19N3O3/c14-10-4-2-1-3-9(10)12(17)7-16-5-6-19-8-11(16)13(15)18/h1-4,11-12,17H,5-8,14H2,(H2,15,18). The second-order valence-corrected chi connectivity index (χ2v) is 4.63. The SMILES string of the molecule is NC(=O)C1COCCN1CC(O)c1ccccc1N. The number of nitrogens with two attached hydrogens (primary N) is 2. The van der Waals surface area contributed by atoms with Gasteiger partial charge in [-0.05, 0) is 6.07 Å². The van der Waals surface area contributed by atoms with Gasteiger partial charge in [0.2, 0.25) is 5.91 Å². The number of primary amides is 1. The molecule has 0 aliphatic carbocycles. The molecule has 1 amide bonds. The number of amides is 1. The van der Waals surface area contributed by atoms with Crippen LogP contribution in [0.2, 0.25) is 0 Å². The van der Waals surface area contributed by atoms with Crippen molar-refractivity contribution in [2.75, 3.05) is 32.0 Å². The zero-order chi connectivity index (χ0) is 13.8. The smallest absolute Gasteiger partial charge is 0.237 e. The summed E-state index contributed by atoms with van der Waals surface area (Å²) in [5, 5.41) is 10.2. The highest BCUT2D eigenvalue weighted by Crippen LogP contribution is 2.22. The Balaban J connectivity index is 2.07. The Bertz CT molecular complexity index is 453. The van der Waals surface area contributed by atoms with Gasteiger partial charge in [-0.1, -0.05) is 18.2 Å². The molecule has 1 aliphatic rings. The summed E-state index contributed by atoms with van der Waals surface area (Å²) < 4.78 is 5.24. The van der Waals surface area contributed by atoms with Crippen molar-refractivity contribution in [1.29, 1.82) is 0 Å². The number of aliphatic hydroxyl groups is 1. The molecule has 1 aliphatic heterocycles. The van der Waals surface area contributed by atoms with E-state index in [9.17, 15) is 9.90 Å². The number of hydrogen-bond donors (Lipinski definition) is 3. The van der Waals surface area contributed by atoms with E-state index in [2.05, 4.69) is 0 Å². The summed E-state index contributed by atoms with van der Waals surface area (Å²) in [6, 6.07) is 6.66. The molecule has 1 saturated heterocycles. The third-order valence-corrected chi connectivity index (χ3v) is 3.33. The molecule has 1 heterocycles. The van der Waals surface area contributed by atoms with Crippen molar-refractivity contribution in [2.24, 2.45) is 5.73 Å². The van der Waals surface area contributed by atoms with Crippen molar-refractivity contribution >= 4 is 11.6 Å². The Morgan fingerprint density at radius 3 is 2.95 bits per heavy atom. The van der Waals surface area contributed by atoms with Crippen LogP contribution in [-0.4, -0.2) is 48.3 Å². The molecule has 0 radical (unpaired) electrons. The number of morpholine rings is 1. The Hall–Kier alpha value is -1.63. The number of aliphatic hydroxyl groups excluding tert-OH is 1. The van der Waals surface area contributed by atoms with Crippen LogP contribution >= 0.6 is 0 Å². The summed E-state index contributed by atoms with van der Waals surface area (Å²) >= 11 is 0. The zero-order valence-corrected chi connectivity index (χ0v) is 10.7. The van der Waals surface area contributed by atoms with Crippen LogP contribution in [0.4, 0.5) is 5.69 Å². The molecule has 0 aromatic heterocycles. The maximum Gasteiger partial charge on any atom is 0.237 e. The predicted octanol–water partition coefficient (Wildman–Crippen LogP) is -0.512. The maximum absolute atomic E-state index is 11.3. The van der Waals surface area contributed by atoms with Gasteiger partial charge in [-0.3, -0.25) is 9.69 Å². The number of anilines is 1. The Morgan fingerprint density at radius 1 is 1.53 bits per heavy atom. The van der Waals surface area contributed by atoms with Gasteiger partial charge in [0, 0.05) is 24.3 Å². The van der Waals surface area contributed by atoms with E-state index in [1.54, 1.807) is 12.1 Å². The largest absolute Gasteiger partial charge is 0.398 e. The fraction of sp³-hybridized carbons (Fsp3) is 0.462. The summed E-state index contributed by atoms with van der Waals surface area (Å²) in [5.41, 5.74) is 12.4. The third-order valence-electron chi connectivity index (χ3n) is 3.33. The highest BCUT2D eigenvalue weighted by atomic mass is 16.5. The maximum atomic E-state index is 11.3. The minimum absolute atomic E-state index is 0.270. The lowest BCUT2D eigenvalue weighted by molar-refractivity contribution is -0.130. The van der Waals surface area contributed by atoms with E-state index in [0.717, 1.165) is 0 Å². The van der Waals surface area contributed by atoms with Crippen molar-refractivity contribution in [3.05, 3.63) is 29.8 Å². The average molecular weight is 265 g/mol. The predicted molar refractivity (Wildman–Crippen MR) is 71.2 cm³/mol. The van der Waals surface area contributed by atoms with E-state index in [-0.39, 0.29) is 6.61 Å². The van der Waals surface area contributed by atoms with E-state index in [1.165, 1.54) is 0 Å². The number of benzene rings is 1. The second kappa shape index (κ2) is 6.01. The van der Waals surface area contributed by atoms with Crippen LogP contribution in [-0.2, 0) is 9.53 Å². The van der Waals surface area contributed by atoms with Crippen molar-refractivity contribution in [3.63, 3.8) is 0 Å². The molecule has 6 heteroatoms. The fourth-order valence-electron chi connectivity index (χ4n) is 2.25. The first-order valence-corrected chi connectivity index (χ1v) is 6.23. The lowest BCUT2D eigenvalue weighted by atomic mass is 10.1. The van der Waals surface area contributed by atoms with Crippen molar-refractivity contribution in [3.8, 4) is 0 Å². The summed E-state index contributed by atoms with van der Waals surface area (Å²) in [7, 11) is 0. The molecule has 1 aromatic carbocycles. The molecule has 6 nitrogen and oxygen atoms in total. The number of para-hydroxylation sites is 1. The van der Waals surface area contributed by atoms with Crippen molar-refractivity contribution < 1.29 is 14.6 Å². The molecule has 1 aromatic rings. The molecular weight excluding hydrogens is 246 g/mol. The Labute approximate surface area is 111 Å². The number of carbonyl (C=O) groups is 1. The normalized spacial score (nSPS) is 22.1. The molecule has 104 valence electrons. The lowest BCUT2D eigenvalue weighted by Crippen LogP contribution is -2.53. The number of nitrogen functional groups attached to an aromatic ring is 1. The quantitative estimate of drug-likeness (QED) is 0.636. The molecular formula is C13H19N3O3. The van der Waals surface area contributed by atoms with Crippen LogP contribution in [0.3, 0.4) is 0 Å². The summed E-state index contributed by atoms with van der Waals surface area (Å²) in [6.45, 7) is 1.68. The van der Waals surface area contributed by atoms with Crippen LogP contribution in [0.1, 0.15) is 11.7 Å². The van der Waals surface area contributed by atoms with Gasteiger partial charge in [0.1, 0.15) is 6.04 Å². The number of nitrogens with zero attached hydrogens (tertiary/aromatic N) is 1. The first kappa shape index (κ1) is 13.8. The van der Waals surface area contributed by atoms with Crippen LogP contribution in [0.25, 0.3) is 0 Å². The van der Waals surface area contributed by atoms with Crippen molar-refractivity contribution in [2.45, 2.75) is 12.1 Å². The lowest BCUT2D eigenvalue weighted by Gasteiger charge is -2.34. The Morgan fingerprint density at radius 2 is 2.26 bits per heavy atom. The van der Waals surface area contributed by atoms with Gasteiger partial charge in [-0.15, -0.1) is 0 Å². The molecule has 2 rings (SSSR count). The molecule has 0 saturated carbocycles. The summed E-state index contributed by atoms with van der Waals surface area (Å²) in [4.78, 5) is 13.2. The third kappa shape index (κ3) is 3.23. The van der Waals surface area contributed by atoms with Gasteiger partial charge in [0.15, 0.2) is 0 Å². The molecule has 0 spiro atoms. The van der Waals surface area contributed by atoms with Crippen LogP contribution in [0.5, 0.6) is 0 Å². The Kier molecular flexibility index (Phi) is 4.36. The van der Waals surface area contributed by atoms with Crippen LogP contribution < -0.4 is 11.5 Å². The number of rotatable bonds is 4. The van der Waals surface area contributed by atoms with Gasteiger partial charge in [0.25, 0.3) is 0 Å². The monoisotopic (exact) mass is 265 g/mol. The van der Waals surface area contributed by atoms with Crippen LogP contribution in [0, 0.1) is 0 Å². The van der Waals surface area contributed by atoms with E-state index in [4.69, 9.17) is 16.2 Å². The minimum atomic E-state index is -0.749.